The minimum atomic E-state index is 0. The second-order valence-corrected chi connectivity index (χ2v) is 5.03. The van der Waals surface area contributed by atoms with E-state index >= 15 is 0 Å². The van der Waals surface area contributed by atoms with Gasteiger partial charge in [-0.15, -0.1) is 24.0 Å². The minimum absolute atomic E-state index is 0. The average Bonchev–Trinajstić information content (AvgIpc) is 2.93. The van der Waals surface area contributed by atoms with Crippen LogP contribution in [0.15, 0.2) is 29.4 Å². The van der Waals surface area contributed by atoms with Crippen LogP contribution in [-0.4, -0.2) is 42.0 Å². The van der Waals surface area contributed by atoms with Gasteiger partial charge in [0.05, 0.1) is 6.54 Å². The number of hydrogen-bond donors (Lipinski definition) is 2. The first-order valence-electron chi connectivity index (χ1n) is 6.94. The SMILES string of the molecule is CN(CCN=C(N)Nc1ccccn1)C1CCCC1.I. The van der Waals surface area contributed by atoms with E-state index in [4.69, 9.17) is 5.73 Å². The molecule has 0 aliphatic heterocycles. The van der Waals surface area contributed by atoms with Gasteiger partial charge in [-0.3, -0.25) is 4.99 Å². The van der Waals surface area contributed by atoms with E-state index in [0.717, 1.165) is 24.9 Å². The largest absolute Gasteiger partial charge is 0.370 e. The van der Waals surface area contributed by atoms with E-state index in [9.17, 15) is 0 Å². The molecule has 0 amide bonds. The minimum Gasteiger partial charge on any atom is -0.370 e. The molecule has 0 unspecified atom stereocenters. The Morgan fingerprint density at radius 2 is 2.20 bits per heavy atom. The van der Waals surface area contributed by atoms with Gasteiger partial charge in [0.1, 0.15) is 5.82 Å². The lowest BCUT2D eigenvalue weighted by molar-refractivity contribution is 0.252. The molecule has 0 spiro atoms. The van der Waals surface area contributed by atoms with E-state index in [1.807, 2.05) is 18.2 Å². The third kappa shape index (κ3) is 5.62. The van der Waals surface area contributed by atoms with Crippen molar-refractivity contribution < 1.29 is 0 Å². The first-order chi connectivity index (χ1) is 9.25. The monoisotopic (exact) mass is 389 g/mol. The number of aromatic nitrogens is 1. The molecule has 20 heavy (non-hydrogen) atoms. The van der Waals surface area contributed by atoms with E-state index in [1.54, 1.807) is 6.20 Å². The predicted octanol–water partition coefficient (Wildman–Crippen LogP) is 2.30. The third-order valence-electron chi connectivity index (χ3n) is 3.60. The summed E-state index contributed by atoms with van der Waals surface area (Å²) in [4.78, 5) is 10.9. The quantitative estimate of drug-likeness (QED) is 0.461. The summed E-state index contributed by atoms with van der Waals surface area (Å²) < 4.78 is 0. The number of hydrogen-bond acceptors (Lipinski definition) is 3. The molecule has 1 saturated carbocycles. The average molecular weight is 389 g/mol. The fourth-order valence-electron chi connectivity index (χ4n) is 2.46. The molecular formula is C14H24IN5. The highest BCUT2D eigenvalue weighted by molar-refractivity contribution is 14.0. The zero-order chi connectivity index (χ0) is 13.5. The van der Waals surface area contributed by atoms with Crippen molar-refractivity contribution in [3.05, 3.63) is 24.4 Å². The summed E-state index contributed by atoms with van der Waals surface area (Å²) >= 11 is 0. The predicted molar refractivity (Wildman–Crippen MR) is 94.7 cm³/mol. The number of halogens is 1. The second-order valence-electron chi connectivity index (χ2n) is 5.03. The normalized spacial score (nSPS) is 16.2. The van der Waals surface area contributed by atoms with Gasteiger partial charge in [-0.05, 0) is 32.0 Å². The summed E-state index contributed by atoms with van der Waals surface area (Å²) in [7, 11) is 2.17. The first kappa shape index (κ1) is 17.2. The number of nitrogens with one attached hydrogen (secondary N) is 1. The molecule has 1 aliphatic carbocycles. The van der Waals surface area contributed by atoms with Crippen LogP contribution >= 0.6 is 24.0 Å². The van der Waals surface area contributed by atoms with Crippen molar-refractivity contribution in [1.82, 2.24) is 9.88 Å². The Bertz CT molecular complexity index is 403. The maximum Gasteiger partial charge on any atom is 0.194 e. The van der Waals surface area contributed by atoms with Crippen molar-refractivity contribution in [2.24, 2.45) is 10.7 Å². The Labute approximate surface area is 138 Å². The Balaban J connectivity index is 0.00000200. The van der Waals surface area contributed by atoms with Gasteiger partial charge in [0.25, 0.3) is 0 Å². The third-order valence-corrected chi connectivity index (χ3v) is 3.60. The number of rotatable bonds is 5. The van der Waals surface area contributed by atoms with Crippen molar-refractivity contribution in [2.75, 3.05) is 25.5 Å². The molecule has 2 rings (SSSR count). The molecule has 3 N–H and O–H groups in total. The van der Waals surface area contributed by atoms with Crippen LogP contribution in [0.3, 0.4) is 0 Å². The molecule has 5 nitrogen and oxygen atoms in total. The summed E-state index contributed by atoms with van der Waals surface area (Å²) in [5.41, 5.74) is 5.83. The smallest absolute Gasteiger partial charge is 0.194 e. The molecule has 6 heteroatoms. The Kier molecular flexibility index (Phi) is 7.83. The molecule has 0 saturated heterocycles. The van der Waals surface area contributed by atoms with Crippen LogP contribution in [0.2, 0.25) is 0 Å². The van der Waals surface area contributed by atoms with Crippen molar-refractivity contribution in [2.45, 2.75) is 31.7 Å². The zero-order valence-electron chi connectivity index (χ0n) is 12.0. The van der Waals surface area contributed by atoms with Gasteiger partial charge >= 0.3 is 0 Å². The molecular weight excluding hydrogens is 365 g/mol. The molecule has 1 fully saturated rings. The van der Waals surface area contributed by atoms with Crippen molar-refractivity contribution >= 4 is 35.8 Å². The summed E-state index contributed by atoms with van der Waals surface area (Å²) in [6.45, 7) is 1.67. The summed E-state index contributed by atoms with van der Waals surface area (Å²) in [6, 6.07) is 6.39. The van der Waals surface area contributed by atoms with E-state index in [2.05, 4.69) is 27.2 Å². The number of anilines is 1. The van der Waals surface area contributed by atoms with Crippen LogP contribution in [0.25, 0.3) is 0 Å². The molecule has 0 aromatic carbocycles. The standard InChI is InChI=1S/C14H23N5.HI/c1-19(12-6-2-3-7-12)11-10-17-14(15)18-13-8-4-5-9-16-13;/h4-5,8-9,12H,2-3,6-7,10-11H2,1H3,(H3,15,16,17,18);1H. The van der Waals surface area contributed by atoms with Gasteiger partial charge in [-0.25, -0.2) is 4.98 Å². The zero-order valence-corrected chi connectivity index (χ0v) is 14.3. The Morgan fingerprint density at radius 1 is 1.45 bits per heavy atom. The van der Waals surface area contributed by atoms with E-state index in [1.165, 1.54) is 25.7 Å². The Morgan fingerprint density at radius 3 is 2.85 bits per heavy atom. The van der Waals surface area contributed by atoms with Gasteiger partial charge in [0.2, 0.25) is 0 Å². The maximum absolute atomic E-state index is 5.83. The number of aliphatic imine (C=N–C) groups is 1. The molecule has 1 heterocycles. The van der Waals surface area contributed by atoms with Crippen LogP contribution in [0.4, 0.5) is 5.82 Å². The Hall–Kier alpha value is -0.890. The van der Waals surface area contributed by atoms with Crippen molar-refractivity contribution in [3.8, 4) is 0 Å². The highest BCUT2D eigenvalue weighted by Gasteiger charge is 2.18. The van der Waals surface area contributed by atoms with Crippen LogP contribution < -0.4 is 11.1 Å². The summed E-state index contributed by atoms with van der Waals surface area (Å²) in [5.74, 6) is 1.16. The number of pyridine rings is 1. The number of nitrogens with two attached hydrogens (primary N) is 1. The fourth-order valence-corrected chi connectivity index (χ4v) is 2.46. The molecule has 0 radical (unpaired) electrons. The lowest BCUT2D eigenvalue weighted by Crippen LogP contribution is -2.32. The lowest BCUT2D eigenvalue weighted by Gasteiger charge is -2.22. The van der Waals surface area contributed by atoms with Gasteiger partial charge in [-0.1, -0.05) is 18.9 Å². The number of likely N-dealkylation sites (N-methyl/N-ethyl adjacent to an activating group) is 1. The topological polar surface area (TPSA) is 66.5 Å². The van der Waals surface area contributed by atoms with Crippen LogP contribution in [0.5, 0.6) is 0 Å². The van der Waals surface area contributed by atoms with Crippen LogP contribution in [0.1, 0.15) is 25.7 Å². The van der Waals surface area contributed by atoms with Gasteiger partial charge < -0.3 is 16.0 Å². The van der Waals surface area contributed by atoms with E-state index in [0.29, 0.717) is 5.96 Å². The molecule has 0 atom stereocenters. The van der Waals surface area contributed by atoms with E-state index < -0.39 is 0 Å². The lowest BCUT2D eigenvalue weighted by atomic mass is 10.2. The van der Waals surface area contributed by atoms with Gasteiger partial charge in [0, 0.05) is 18.8 Å². The molecule has 1 aliphatic rings. The van der Waals surface area contributed by atoms with Crippen molar-refractivity contribution in [1.29, 1.82) is 0 Å². The van der Waals surface area contributed by atoms with Crippen molar-refractivity contribution in [3.63, 3.8) is 0 Å². The number of guanidine groups is 1. The molecule has 0 bridgehead atoms. The second kappa shape index (κ2) is 9.12. The molecule has 1 aromatic heterocycles. The summed E-state index contributed by atoms with van der Waals surface area (Å²) in [6.07, 6.45) is 7.09. The van der Waals surface area contributed by atoms with Crippen LogP contribution in [0, 0.1) is 0 Å². The summed E-state index contributed by atoms with van der Waals surface area (Å²) in [5, 5.41) is 2.98. The molecule has 112 valence electrons. The molecule has 1 aromatic rings. The van der Waals surface area contributed by atoms with E-state index in [-0.39, 0.29) is 24.0 Å². The van der Waals surface area contributed by atoms with Crippen LogP contribution in [-0.2, 0) is 0 Å². The van der Waals surface area contributed by atoms with Gasteiger partial charge in [0.15, 0.2) is 5.96 Å². The fraction of sp³-hybridized carbons (Fsp3) is 0.571. The highest BCUT2D eigenvalue weighted by atomic mass is 127. The first-order valence-corrected chi connectivity index (χ1v) is 6.94. The highest BCUT2D eigenvalue weighted by Crippen LogP contribution is 2.21. The van der Waals surface area contributed by atoms with Gasteiger partial charge in [-0.2, -0.15) is 0 Å². The number of nitrogens with zero attached hydrogens (tertiary/aromatic N) is 3. The maximum atomic E-state index is 5.83.